The van der Waals surface area contributed by atoms with Gasteiger partial charge in [0.25, 0.3) is 5.91 Å². The van der Waals surface area contributed by atoms with Gasteiger partial charge in [-0.1, -0.05) is 6.07 Å². The van der Waals surface area contributed by atoms with Crippen molar-refractivity contribution in [2.75, 3.05) is 12.1 Å². The molecule has 7 heteroatoms. The maximum Gasteiger partial charge on any atom is 0.266 e. The summed E-state index contributed by atoms with van der Waals surface area (Å²) in [5.74, 6) is -0.0392. The summed E-state index contributed by atoms with van der Waals surface area (Å²) in [5.41, 5.74) is 1.24. The van der Waals surface area contributed by atoms with Gasteiger partial charge >= 0.3 is 0 Å². The van der Waals surface area contributed by atoms with Gasteiger partial charge in [-0.3, -0.25) is 9.59 Å². The van der Waals surface area contributed by atoms with E-state index in [-0.39, 0.29) is 18.4 Å². The van der Waals surface area contributed by atoms with Gasteiger partial charge in [0.1, 0.15) is 5.82 Å². The Morgan fingerprint density at radius 3 is 2.62 bits per heavy atom. The number of benzene rings is 2. The molecule has 132 valence electrons. The second-order valence-corrected chi connectivity index (χ2v) is 6.98. The minimum absolute atomic E-state index is 0.0682. The fourth-order valence-corrected chi connectivity index (χ4v) is 4.10. The number of carbonyl (C=O) groups excluding carboxylic acids is 2. The number of aryl methyl sites for hydroxylation is 1. The fourth-order valence-electron chi connectivity index (χ4n) is 2.99. The van der Waals surface area contributed by atoms with Gasteiger partial charge in [-0.2, -0.15) is 0 Å². The lowest BCUT2D eigenvalue weighted by Crippen LogP contribution is -2.14. The van der Waals surface area contributed by atoms with E-state index in [4.69, 9.17) is 9.47 Å². The molecule has 1 aliphatic rings. The maximum absolute atomic E-state index is 14.1. The molecule has 2 aromatic carbocycles. The molecule has 0 radical (unpaired) electrons. The van der Waals surface area contributed by atoms with Crippen molar-refractivity contribution in [3.8, 4) is 11.5 Å². The van der Waals surface area contributed by atoms with Crippen LogP contribution in [-0.4, -0.2) is 18.5 Å². The second kappa shape index (κ2) is 6.10. The SMILES string of the molecule is CC(=O)c1cc2c(cc1NC(=O)c1sc3cccc(F)c3c1C)OCO2. The molecule has 0 bridgehead atoms. The van der Waals surface area contributed by atoms with Crippen LogP contribution in [0.4, 0.5) is 10.1 Å². The summed E-state index contributed by atoms with van der Waals surface area (Å²) in [6, 6.07) is 7.88. The molecule has 0 aliphatic carbocycles. The number of carbonyl (C=O) groups is 2. The molecular formula is C19H14FNO4S. The van der Waals surface area contributed by atoms with Gasteiger partial charge in [-0.15, -0.1) is 11.3 Å². The molecule has 26 heavy (non-hydrogen) atoms. The van der Waals surface area contributed by atoms with E-state index in [2.05, 4.69) is 5.32 Å². The van der Waals surface area contributed by atoms with E-state index in [0.717, 1.165) is 0 Å². The Bertz CT molecular complexity index is 1070. The third-order valence-electron chi connectivity index (χ3n) is 4.25. The number of hydrogen-bond donors (Lipinski definition) is 1. The zero-order valence-electron chi connectivity index (χ0n) is 14.0. The number of ether oxygens (including phenoxy) is 2. The molecule has 1 amide bonds. The average molecular weight is 371 g/mol. The van der Waals surface area contributed by atoms with Gasteiger partial charge in [-0.25, -0.2) is 4.39 Å². The predicted molar refractivity (Wildman–Crippen MR) is 97.0 cm³/mol. The molecule has 0 saturated heterocycles. The molecule has 1 N–H and O–H groups in total. The lowest BCUT2D eigenvalue weighted by Gasteiger charge is -2.10. The summed E-state index contributed by atoms with van der Waals surface area (Å²) in [6.45, 7) is 3.19. The smallest absolute Gasteiger partial charge is 0.266 e. The number of halogens is 1. The molecule has 3 aromatic rings. The Morgan fingerprint density at radius 1 is 1.19 bits per heavy atom. The zero-order valence-corrected chi connectivity index (χ0v) is 14.8. The minimum Gasteiger partial charge on any atom is -0.454 e. The molecule has 0 atom stereocenters. The van der Waals surface area contributed by atoms with E-state index in [1.165, 1.54) is 24.3 Å². The van der Waals surface area contributed by atoms with Crippen molar-refractivity contribution in [1.29, 1.82) is 0 Å². The molecule has 0 saturated carbocycles. The van der Waals surface area contributed by atoms with Gasteiger partial charge in [0, 0.05) is 21.7 Å². The van der Waals surface area contributed by atoms with Crippen molar-refractivity contribution in [3.63, 3.8) is 0 Å². The van der Waals surface area contributed by atoms with E-state index >= 15 is 0 Å². The predicted octanol–water partition coefficient (Wildman–Crippen LogP) is 4.53. The molecule has 0 unspecified atom stereocenters. The highest BCUT2D eigenvalue weighted by Crippen LogP contribution is 2.38. The Kier molecular flexibility index (Phi) is 3.88. The van der Waals surface area contributed by atoms with Gasteiger partial charge < -0.3 is 14.8 Å². The van der Waals surface area contributed by atoms with Gasteiger partial charge in [0.15, 0.2) is 17.3 Å². The number of anilines is 1. The van der Waals surface area contributed by atoms with Crippen LogP contribution in [-0.2, 0) is 0 Å². The summed E-state index contributed by atoms with van der Waals surface area (Å²) in [5, 5.41) is 3.20. The van der Waals surface area contributed by atoms with Crippen LogP contribution in [0.1, 0.15) is 32.5 Å². The van der Waals surface area contributed by atoms with Gasteiger partial charge in [0.05, 0.1) is 10.6 Å². The first-order valence-electron chi connectivity index (χ1n) is 7.89. The van der Waals surface area contributed by atoms with Crippen molar-refractivity contribution < 1.29 is 23.5 Å². The first kappa shape index (κ1) is 16.5. The standard InChI is InChI=1S/C19H14FNO4S/c1-9-17-12(20)4-3-5-16(17)26-18(9)19(23)21-13-7-15-14(24-8-25-15)6-11(13)10(2)22/h3-7H,8H2,1-2H3,(H,21,23). The topological polar surface area (TPSA) is 64.6 Å². The first-order chi connectivity index (χ1) is 12.5. The summed E-state index contributed by atoms with van der Waals surface area (Å²) in [6.07, 6.45) is 0. The molecule has 5 nitrogen and oxygen atoms in total. The molecular weight excluding hydrogens is 357 g/mol. The second-order valence-electron chi connectivity index (χ2n) is 5.93. The quantitative estimate of drug-likeness (QED) is 0.687. The highest BCUT2D eigenvalue weighted by Gasteiger charge is 2.23. The lowest BCUT2D eigenvalue weighted by atomic mass is 10.1. The van der Waals surface area contributed by atoms with Crippen LogP contribution in [0.2, 0.25) is 0 Å². The number of thiophene rings is 1. The molecule has 1 aromatic heterocycles. The van der Waals surface area contributed by atoms with Crippen molar-refractivity contribution in [1.82, 2.24) is 0 Å². The molecule has 4 rings (SSSR count). The number of hydrogen-bond acceptors (Lipinski definition) is 5. The lowest BCUT2D eigenvalue weighted by molar-refractivity contribution is 0.101. The van der Waals surface area contributed by atoms with E-state index < -0.39 is 5.91 Å². The summed E-state index contributed by atoms with van der Waals surface area (Å²) >= 11 is 1.21. The molecule has 0 spiro atoms. The molecule has 2 heterocycles. The maximum atomic E-state index is 14.1. The number of fused-ring (bicyclic) bond motifs is 2. The van der Waals surface area contributed by atoms with Crippen LogP contribution in [0.15, 0.2) is 30.3 Å². The van der Waals surface area contributed by atoms with Crippen LogP contribution < -0.4 is 14.8 Å². The highest BCUT2D eigenvalue weighted by atomic mass is 32.1. The van der Waals surface area contributed by atoms with Crippen molar-refractivity contribution in [2.24, 2.45) is 0 Å². The van der Waals surface area contributed by atoms with Crippen molar-refractivity contribution in [3.05, 3.63) is 52.2 Å². The number of nitrogens with one attached hydrogen (secondary N) is 1. The van der Waals surface area contributed by atoms with E-state index in [9.17, 15) is 14.0 Å². The van der Waals surface area contributed by atoms with Crippen molar-refractivity contribution in [2.45, 2.75) is 13.8 Å². The number of ketones is 1. The van der Waals surface area contributed by atoms with Crippen molar-refractivity contribution >= 4 is 38.8 Å². The number of rotatable bonds is 3. The van der Waals surface area contributed by atoms with E-state index in [1.54, 1.807) is 31.2 Å². The van der Waals surface area contributed by atoms with Crippen LogP contribution in [0.5, 0.6) is 11.5 Å². The first-order valence-corrected chi connectivity index (χ1v) is 8.71. The van der Waals surface area contributed by atoms with E-state index in [0.29, 0.717) is 43.3 Å². The summed E-state index contributed by atoms with van der Waals surface area (Å²) in [4.78, 5) is 25.1. The molecule has 1 aliphatic heterocycles. The summed E-state index contributed by atoms with van der Waals surface area (Å²) < 4.78 is 25.4. The van der Waals surface area contributed by atoms with E-state index in [1.807, 2.05) is 0 Å². The Morgan fingerprint density at radius 2 is 1.92 bits per heavy atom. The number of Topliss-reactive ketones (excluding diaryl/α,β-unsaturated/α-hetero) is 1. The average Bonchev–Trinajstić information content (AvgIpc) is 3.18. The Balaban J connectivity index is 1.74. The third kappa shape index (κ3) is 2.61. The summed E-state index contributed by atoms with van der Waals surface area (Å²) in [7, 11) is 0. The van der Waals surface area contributed by atoms with Gasteiger partial charge in [0.2, 0.25) is 6.79 Å². The number of amides is 1. The van der Waals surface area contributed by atoms with Crippen LogP contribution in [0.3, 0.4) is 0 Å². The highest BCUT2D eigenvalue weighted by molar-refractivity contribution is 7.21. The third-order valence-corrected chi connectivity index (χ3v) is 5.51. The van der Waals surface area contributed by atoms with Gasteiger partial charge in [-0.05, 0) is 37.6 Å². The Labute approximate surface area is 152 Å². The fraction of sp³-hybridized carbons (Fsp3) is 0.158. The molecule has 0 fully saturated rings. The normalized spacial score (nSPS) is 12.4. The Hall–Kier alpha value is -2.93. The van der Waals surface area contributed by atoms with Crippen LogP contribution in [0, 0.1) is 12.7 Å². The van der Waals surface area contributed by atoms with Crippen LogP contribution >= 0.6 is 11.3 Å². The zero-order chi connectivity index (χ0) is 18.4. The monoisotopic (exact) mass is 371 g/mol. The minimum atomic E-state index is -0.399. The largest absolute Gasteiger partial charge is 0.454 e. The van der Waals surface area contributed by atoms with Crippen LogP contribution in [0.25, 0.3) is 10.1 Å².